The summed E-state index contributed by atoms with van der Waals surface area (Å²) >= 11 is 0. The SMILES string of the molecule is CCc1cccc(C)c1NC(=O)Cc1cc(=O)[nH]c(=O)[nH]1. The van der Waals surface area contributed by atoms with E-state index in [4.69, 9.17) is 0 Å². The maximum Gasteiger partial charge on any atom is 0.325 e. The molecule has 21 heavy (non-hydrogen) atoms. The van der Waals surface area contributed by atoms with E-state index in [1.54, 1.807) is 0 Å². The number of carbonyl (C=O) groups is 1. The van der Waals surface area contributed by atoms with Crippen molar-refractivity contribution in [1.82, 2.24) is 9.97 Å². The van der Waals surface area contributed by atoms with Crippen LogP contribution in [0.4, 0.5) is 5.69 Å². The van der Waals surface area contributed by atoms with Gasteiger partial charge in [0, 0.05) is 17.4 Å². The van der Waals surface area contributed by atoms with Crippen LogP contribution < -0.4 is 16.6 Å². The van der Waals surface area contributed by atoms with E-state index >= 15 is 0 Å². The van der Waals surface area contributed by atoms with Crippen LogP contribution in [-0.2, 0) is 17.6 Å². The van der Waals surface area contributed by atoms with E-state index in [1.807, 2.05) is 32.0 Å². The average molecular weight is 287 g/mol. The first-order valence-electron chi connectivity index (χ1n) is 6.70. The minimum atomic E-state index is -0.615. The van der Waals surface area contributed by atoms with E-state index in [9.17, 15) is 14.4 Å². The van der Waals surface area contributed by atoms with Crippen molar-refractivity contribution in [2.75, 3.05) is 5.32 Å². The fraction of sp³-hybridized carbons (Fsp3) is 0.267. The van der Waals surface area contributed by atoms with Gasteiger partial charge in [-0.2, -0.15) is 0 Å². The Morgan fingerprint density at radius 2 is 2.00 bits per heavy atom. The second-order valence-corrected chi connectivity index (χ2v) is 4.80. The van der Waals surface area contributed by atoms with Crippen molar-refractivity contribution in [2.24, 2.45) is 0 Å². The number of aromatic nitrogens is 2. The second kappa shape index (κ2) is 6.21. The summed E-state index contributed by atoms with van der Waals surface area (Å²) in [6.45, 7) is 3.93. The first-order chi connectivity index (χ1) is 9.99. The number of aromatic amines is 2. The largest absolute Gasteiger partial charge is 0.325 e. The van der Waals surface area contributed by atoms with E-state index in [2.05, 4.69) is 15.3 Å². The monoisotopic (exact) mass is 287 g/mol. The number of benzene rings is 1. The van der Waals surface area contributed by atoms with E-state index in [0.717, 1.165) is 23.2 Å². The van der Waals surface area contributed by atoms with Crippen LogP contribution in [0.1, 0.15) is 23.7 Å². The Morgan fingerprint density at radius 1 is 1.24 bits per heavy atom. The number of H-pyrrole nitrogens is 2. The Morgan fingerprint density at radius 3 is 2.67 bits per heavy atom. The number of para-hydroxylation sites is 1. The van der Waals surface area contributed by atoms with E-state index in [0.29, 0.717) is 0 Å². The maximum absolute atomic E-state index is 12.1. The molecule has 0 saturated carbocycles. The topological polar surface area (TPSA) is 94.8 Å². The first-order valence-corrected chi connectivity index (χ1v) is 6.70. The number of carbonyl (C=O) groups excluding carboxylic acids is 1. The van der Waals surface area contributed by atoms with Gasteiger partial charge in [0.1, 0.15) is 0 Å². The molecule has 1 aromatic heterocycles. The number of aryl methyl sites for hydroxylation is 2. The van der Waals surface area contributed by atoms with Crippen molar-refractivity contribution >= 4 is 11.6 Å². The summed E-state index contributed by atoms with van der Waals surface area (Å²) < 4.78 is 0. The van der Waals surface area contributed by atoms with Gasteiger partial charge in [-0.1, -0.05) is 25.1 Å². The molecule has 1 aromatic carbocycles. The molecule has 0 saturated heterocycles. The highest BCUT2D eigenvalue weighted by Gasteiger charge is 2.10. The van der Waals surface area contributed by atoms with Crippen molar-refractivity contribution in [3.8, 4) is 0 Å². The van der Waals surface area contributed by atoms with E-state index in [1.165, 1.54) is 6.07 Å². The molecule has 6 nitrogen and oxygen atoms in total. The molecule has 0 atom stereocenters. The Hall–Kier alpha value is -2.63. The Bertz CT molecular complexity index is 746. The van der Waals surface area contributed by atoms with Gasteiger partial charge in [-0.25, -0.2) is 4.79 Å². The van der Waals surface area contributed by atoms with Crippen LogP contribution in [0.25, 0.3) is 0 Å². The zero-order chi connectivity index (χ0) is 15.4. The zero-order valence-corrected chi connectivity index (χ0v) is 11.9. The highest BCUT2D eigenvalue weighted by molar-refractivity contribution is 5.93. The molecule has 110 valence electrons. The van der Waals surface area contributed by atoms with Crippen LogP contribution in [0.15, 0.2) is 33.9 Å². The minimum Gasteiger partial charge on any atom is -0.325 e. The van der Waals surface area contributed by atoms with Gasteiger partial charge in [0.15, 0.2) is 0 Å². The zero-order valence-electron chi connectivity index (χ0n) is 11.9. The molecule has 2 rings (SSSR count). The third kappa shape index (κ3) is 3.68. The molecule has 0 aliphatic carbocycles. The number of nitrogens with one attached hydrogen (secondary N) is 3. The lowest BCUT2D eigenvalue weighted by Crippen LogP contribution is -2.25. The van der Waals surface area contributed by atoms with Gasteiger partial charge in [-0.05, 0) is 24.5 Å². The molecule has 0 spiro atoms. The fourth-order valence-electron chi connectivity index (χ4n) is 2.17. The van der Waals surface area contributed by atoms with Gasteiger partial charge < -0.3 is 10.3 Å². The molecule has 2 aromatic rings. The molecule has 0 bridgehead atoms. The number of anilines is 1. The molecule has 0 unspecified atom stereocenters. The summed E-state index contributed by atoms with van der Waals surface area (Å²) in [5.74, 6) is -0.278. The summed E-state index contributed by atoms with van der Waals surface area (Å²) in [5, 5.41) is 2.84. The summed E-state index contributed by atoms with van der Waals surface area (Å²) in [6.07, 6.45) is 0.746. The standard InChI is InChI=1S/C15H17N3O3/c1-3-10-6-4-5-9(2)14(10)17-12(19)7-11-8-13(20)18-15(21)16-11/h4-6,8H,3,7H2,1-2H3,(H,17,19)(H2,16,18,20,21). The van der Waals surface area contributed by atoms with Gasteiger partial charge in [0.05, 0.1) is 6.42 Å². The normalized spacial score (nSPS) is 10.4. The van der Waals surface area contributed by atoms with Crippen LogP contribution in [0.3, 0.4) is 0 Å². The van der Waals surface area contributed by atoms with Gasteiger partial charge in [0.25, 0.3) is 5.56 Å². The van der Waals surface area contributed by atoms with Crippen molar-refractivity contribution in [1.29, 1.82) is 0 Å². The van der Waals surface area contributed by atoms with Gasteiger partial charge >= 0.3 is 5.69 Å². The van der Waals surface area contributed by atoms with Crippen molar-refractivity contribution in [3.05, 3.63) is 61.9 Å². The van der Waals surface area contributed by atoms with Crippen molar-refractivity contribution in [2.45, 2.75) is 26.7 Å². The maximum atomic E-state index is 12.1. The molecule has 1 amide bonds. The molecule has 0 radical (unpaired) electrons. The lowest BCUT2D eigenvalue weighted by atomic mass is 10.1. The molecule has 0 fully saturated rings. The number of hydrogen-bond donors (Lipinski definition) is 3. The number of hydrogen-bond acceptors (Lipinski definition) is 3. The predicted molar refractivity (Wildman–Crippen MR) is 80.6 cm³/mol. The van der Waals surface area contributed by atoms with Gasteiger partial charge in [-0.15, -0.1) is 0 Å². The Kier molecular flexibility index (Phi) is 4.37. The molecular formula is C15H17N3O3. The molecule has 1 heterocycles. The van der Waals surface area contributed by atoms with Crippen LogP contribution in [-0.4, -0.2) is 15.9 Å². The van der Waals surface area contributed by atoms with Crippen LogP contribution in [0, 0.1) is 6.92 Å². The first kappa shape index (κ1) is 14.8. The molecule has 0 aliphatic rings. The lowest BCUT2D eigenvalue weighted by Gasteiger charge is -2.12. The average Bonchev–Trinajstić information content (AvgIpc) is 2.39. The summed E-state index contributed by atoms with van der Waals surface area (Å²) in [7, 11) is 0. The van der Waals surface area contributed by atoms with Gasteiger partial charge in [0.2, 0.25) is 5.91 Å². The Labute approximate surface area is 121 Å². The number of rotatable bonds is 4. The number of amides is 1. The smallest absolute Gasteiger partial charge is 0.325 e. The quantitative estimate of drug-likeness (QED) is 0.786. The van der Waals surface area contributed by atoms with Crippen LogP contribution in [0.2, 0.25) is 0 Å². The molecule has 0 aliphatic heterocycles. The minimum absolute atomic E-state index is 0.0589. The molecular weight excluding hydrogens is 270 g/mol. The van der Waals surface area contributed by atoms with Gasteiger partial charge in [-0.3, -0.25) is 14.6 Å². The van der Waals surface area contributed by atoms with Crippen molar-refractivity contribution in [3.63, 3.8) is 0 Å². The third-order valence-electron chi connectivity index (χ3n) is 3.17. The third-order valence-corrected chi connectivity index (χ3v) is 3.17. The van der Waals surface area contributed by atoms with Crippen LogP contribution >= 0.6 is 0 Å². The van der Waals surface area contributed by atoms with E-state index in [-0.39, 0.29) is 18.0 Å². The fourth-order valence-corrected chi connectivity index (χ4v) is 2.17. The highest BCUT2D eigenvalue weighted by atomic mass is 16.2. The predicted octanol–water partition coefficient (Wildman–Crippen LogP) is 1.12. The van der Waals surface area contributed by atoms with Crippen LogP contribution in [0.5, 0.6) is 0 Å². The highest BCUT2D eigenvalue weighted by Crippen LogP contribution is 2.21. The summed E-state index contributed by atoms with van der Waals surface area (Å²) in [4.78, 5) is 38.9. The second-order valence-electron chi connectivity index (χ2n) is 4.80. The Balaban J connectivity index is 2.19. The summed E-state index contributed by atoms with van der Waals surface area (Å²) in [5.41, 5.74) is 1.96. The van der Waals surface area contributed by atoms with Crippen molar-refractivity contribution < 1.29 is 4.79 Å². The van der Waals surface area contributed by atoms with E-state index < -0.39 is 11.2 Å². The summed E-state index contributed by atoms with van der Waals surface area (Å²) in [6, 6.07) is 7.03. The lowest BCUT2D eigenvalue weighted by molar-refractivity contribution is -0.115. The molecule has 3 N–H and O–H groups in total. The molecule has 6 heteroatoms.